The highest BCUT2D eigenvalue weighted by atomic mass is 32.2. The first-order valence-corrected chi connectivity index (χ1v) is 12.7. The number of nitro benzene ring substituents is 1. The number of nitro groups is 1. The zero-order valence-corrected chi connectivity index (χ0v) is 17.7. The normalized spacial score (nSPS) is 22.2. The fourth-order valence-corrected chi connectivity index (χ4v) is 6.35. The molecule has 2 fully saturated rings. The van der Waals surface area contributed by atoms with Gasteiger partial charge in [-0.05, 0) is 37.8 Å². The molecule has 0 saturated carbocycles. The van der Waals surface area contributed by atoms with Gasteiger partial charge in [0.2, 0.25) is 20.0 Å². The van der Waals surface area contributed by atoms with E-state index in [0.717, 1.165) is 31.7 Å². The van der Waals surface area contributed by atoms with Gasteiger partial charge in [-0.3, -0.25) is 10.1 Å². The Bertz CT molecular complexity index is 972. The highest BCUT2D eigenvalue weighted by Gasteiger charge is 2.33. The van der Waals surface area contributed by atoms with Crippen molar-refractivity contribution in [3.8, 4) is 0 Å². The molecular formula is C17H26N4O6S2. The molecule has 0 aromatic heterocycles. The Balaban J connectivity index is 1.94. The van der Waals surface area contributed by atoms with Crippen LogP contribution in [-0.4, -0.2) is 57.5 Å². The van der Waals surface area contributed by atoms with Gasteiger partial charge in [0.15, 0.2) is 0 Å². The van der Waals surface area contributed by atoms with E-state index in [2.05, 4.69) is 0 Å². The van der Waals surface area contributed by atoms with Gasteiger partial charge in [-0.1, -0.05) is 12.8 Å². The Morgan fingerprint density at radius 2 is 1.66 bits per heavy atom. The number of primary sulfonamides is 1. The van der Waals surface area contributed by atoms with Crippen LogP contribution in [0.15, 0.2) is 23.1 Å². The molecule has 0 bridgehead atoms. The third-order valence-electron chi connectivity index (χ3n) is 5.53. The molecule has 2 heterocycles. The topological polar surface area (TPSA) is 144 Å². The first-order valence-electron chi connectivity index (χ1n) is 9.66. The minimum Gasteiger partial charge on any atom is -0.365 e. The predicted molar refractivity (Wildman–Crippen MR) is 109 cm³/mol. The van der Waals surface area contributed by atoms with E-state index >= 15 is 0 Å². The standard InChI is InChI=1S/C17H26N4O6S2/c18-28(24,25)15-6-5-9-19(13-15)16-8-7-14(12-17(16)21(22)23)29(26,27)20-10-3-1-2-4-11-20/h7-8,12,15H,1-6,9-11,13H2,(H2,18,24,25). The molecule has 1 unspecified atom stereocenters. The number of benzene rings is 1. The van der Waals surface area contributed by atoms with Crippen LogP contribution in [-0.2, 0) is 20.0 Å². The van der Waals surface area contributed by atoms with E-state index in [0.29, 0.717) is 32.5 Å². The lowest BCUT2D eigenvalue weighted by molar-refractivity contribution is -0.384. The van der Waals surface area contributed by atoms with Gasteiger partial charge < -0.3 is 4.90 Å². The predicted octanol–water partition coefficient (Wildman–Crippen LogP) is 1.42. The van der Waals surface area contributed by atoms with Crippen LogP contribution in [0.2, 0.25) is 0 Å². The summed E-state index contributed by atoms with van der Waals surface area (Å²) in [6.45, 7) is 1.28. The van der Waals surface area contributed by atoms with Gasteiger partial charge in [0, 0.05) is 32.2 Å². The molecule has 3 rings (SSSR count). The van der Waals surface area contributed by atoms with E-state index in [-0.39, 0.29) is 22.8 Å². The summed E-state index contributed by atoms with van der Waals surface area (Å²) in [5.74, 6) is 0. The lowest BCUT2D eigenvalue weighted by Gasteiger charge is -2.33. The summed E-state index contributed by atoms with van der Waals surface area (Å²) >= 11 is 0. The Morgan fingerprint density at radius 3 is 2.24 bits per heavy atom. The SMILES string of the molecule is NS(=O)(=O)C1CCCN(c2ccc(S(=O)(=O)N3CCCCCC3)cc2[N+](=O)[O-])C1. The van der Waals surface area contributed by atoms with Gasteiger partial charge in [-0.25, -0.2) is 22.0 Å². The van der Waals surface area contributed by atoms with E-state index in [1.807, 2.05) is 0 Å². The van der Waals surface area contributed by atoms with Crippen molar-refractivity contribution in [2.45, 2.75) is 48.7 Å². The zero-order chi connectivity index (χ0) is 21.2. The van der Waals surface area contributed by atoms with E-state index < -0.39 is 30.2 Å². The maximum absolute atomic E-state index is 13.0. The summed E-state index contributed by atoms with van der Waals surface area (Å²) in [5.41, 5.74) is -0.144. The van der Waals surface area contributed by atoms with Crippen molar-refractivity contribution in [1.29, 1.82) is 0 Å². The number of nitrogens with two attached hydrogens (primary N) is 1. The Hall–Kier alpha value is -1.76. The molecule has 0 amide bonds. The number of hydrogen-bond acceptors (Lipinski definition) is 7. The molecule has 0 radical (unpaired) electrons. The van der Waals surface area contributed by atoms with Crippen molar-refractivity contribution >= 4 is 31.4 Å². The van der Waals surface area contributed by atoms with Crippen LogP contribution < -0.4 is 10.0 Å². The van der Waals surface area contributed by atoms with Crippen molar-refractivity contribution in [2.75, 3.05) is 31.1 Å². The van der Waals surface area contributed by atoms with Crippen molar-refractivity contribution in [3.05, 3.63) is 28.3 Å². The van der Waals surface area contributed by atoms with Crippen LogP contribution >= 0.6 is 0 Å². The van der Waals surface area contributed by atoms with E-state index in [1.54, 1.807) is 4.90 Å². The summed E-state index contributed by atoms with van der Waals surface area (Å²) in [6, 6.07) is 3.84. The van der Waals surface area contributed by atoms with Crippen LogP contribution in [0, 0.1) is 10.1 Å². The quantitative estimate of drug-likeness (QED) is 0.532. The third kappa shape index (κ3) is 4.87. The average molecular weight is 447 g/mol. The van der Waals surface area contributed by atoms with Gasteiger partial charge >= 0.3 is 0 Å². The molecule has 12 heteroatoms. The minimum atomic E-state index is -3.83. The lowest BCUT2D eigenvalue weighted by Crippen LogP contribution is -2.44. The van der Waals surface area contributed by atoms with Gasteiger partial charge in [0.25, 0.3) is 5.69 Å². The Labute approximate surface area is 170 Å². The number of anilines is 1. The molecule has 2 aliphatic heterocycles. The number of rotatable bonds is 5. The zero-order valence-electron chi connectivity index (χ0n) is 16.1. The molecule has 0 aliphatic carbocycles. The van der Waals surface area contributed by atoms with Crippen molar-refractivity contribution < 1.29 is 21.8 Å². The number of nitrogens with zero attached hydrogens (tertiary/aromatic N) is 3. The summed E-state index contributed by atoms with van der Waals surface area (Å²) in [4.78, 5) is 12.5. The maximum Gasteiger partial charge on any atom is 0.293 e. The van der Waals surface area contributed by atoms with Crippen LogP contribution in [0.25, 0.3) is 0 Å². The summed E-state index contributed by atoms with van der Waals surface area (Å²) in [7, 11) is -7.59. The summed E-state index contributed by atoms with van der Waals surface area (Å²) in [6.07, 6.45) is 4.37. The molecule has 10 nitrogen and oxygen atoms in total. The van der Waals surface area contributed by atoms with Crippen LogP contribution in [0.4, 0.5) is 11.4 Å². The van der Waals surface area contributed by atoms with Gasteiger partial charge in [-0.2, -0.15) is 4.31 Å². The molecule has 1 atom stereocenters. The van der Waals surface area contributed by atoms with Crippen molar-refractivity contribution in [1.82, 2.24) is 4.31 Å². The fourth-order valence-electron chi connectivity index (χ4n) is 3.93. The van der Waals surface area contributed by atoms with Gasteiger partial charge in [0.1, 0.15) is 5.69 Å². The first-order chi connectivity index (χ1) is 13.6. The molecule has 2 N–H and O–H groups in total. The highest BCUT2D eigenvalue weighted by Crippen LogP contribution is 2.34. The molecular weight excluding hydrogens is 420 g/mol. The molecule has 1 aromatic rings. The van der Waals surface area contributed by atoms with Gasteiger partial charge in [0.05, 0.1) is 15.1 Å². The second-order valence-corrected chi connectivity index (χ2v) is 11.3. The number of hydrogen-bond donors (Lipinski definition) is 1. The fraction of sp³-hybridized carbons (Fsp3) is 0.647. The lowest BCUT2D eigenvalue weighted by atomic mass is 10.1. The van der Waals surface area contributed by atoms with Crippen LogP contribution in [0.3, 0.4) is 0 Å². The second-order valence-electron chi connectivity index (χ2n) is 7.53. The van der Waals surface area contributed by atoms with Gasteiger partial charge in [-0.15, -0.1) is 0 Å². The van der Waals surface area contributed by atoms with Crippen molar-refractivity contribution in [3.63, 3.8) is 0 Å². The Morgan fingerprint density at radius 1 is 1.00 bits per heavy atom. The molecule has 29 heavy (non-hydrogen) atoms. The summed E-state index contributed by atoms with van der Waals surface area (Å²) in [5, 5.41) is 16.1. The highest BCUT2D eigenvalue weighted by molar-refractivity contribution is 7.89. The maximum atomic E-state index is 13.0. The molecule has 162 valence electrons. The van der Waals surface area contributed by atoms with Crippen LogP contribution in [0.1, 0.15) is 38.5 Å². The first kappa shape index (κ1) is 21.9. The largest absolute Gasteiger partial charge is 0.365 e. The molecule has 0 spiro atoms. The van der Waals surface area contributed by atoms with Crippen molar-refractivity contribution in [2.24, 2.45) is 5.14 Å². The monoisotopic (exact) mass is 446 g/mol. The molecule has 2 saturated heterocycles. The average Bonchev–Trinajstić information content (AvgIpc) is 2.97. The molecule has 1 aromatic carbocycles. The minimum absolute atomic E-state index is 0.0396. The van der Waals surface area contributed by atoms with E-state index in [4.69, 9.17) is 5.14 Å². The second kappa shape index (κ2) is 8.54. The smallest absolute Gasteiger partial charge is 0.293 e. The van der Waals surface area contributed by atoms with Crippen LogP contribution in [0.5, 0.6) is 0 Å². The number of piperidine rings is 1. The Kier molecular flexibility index (Phi) is 6.46. The van der Waals surface area contributed by atoms with E-state index in [1.165, 1.54) is 16.4 Å². The van der Waals surface area contributed by atoms with E-state index in [9.17, 15) is 26.9 Å². The molecule has 2 aliphatic rings. The summed E-state index contributed by atoms with van der Waals surface area (Å²) < 4.78 is 50.8. The number of sulfonamides is 2. The third-order valence-corrected chi connectivity index (χ3v) is 8.74.